The molecule has 0 radical (unpaired) electrons. The molecule has 1 aromatic carbocycles. The zero-order valence-corrected chi connectivity index (χ0v) is 13.8. The highest BCUT2D eigenvalue weighted by atomic mass is 16.7. The predicted molar refractivity (Wildman–Crippen MR) is 92.6 cm³/mol. The first-order chi connectivity index (χ1) is 13.1. The smallest absolute Gasteiger partial charge is 0.421 e. The lowest BCUT2D eigenvalue weighted by molar-refractivity contribution is -0.869. The van der Waals surface area contributed by atoms with E-state index in [-0.39, 0.29) is 17.0 Å². The lowest BCUT2D eigenvalue weighted by atomic mass is 10.1. The zero-order chi connectivity index (χ0) is 19.2. The maximum Gasteiger partial charge on any atom is 0.421 e. The second-order valence-corrected chi connectivity index (χ2v) is 5.29. The fourth-order valence-corrected chi connectivity index (χ4v) is 2.23. The molecule has 2 aromatic heterocycles. The molecule has 0 saturated heterocycles. The number of nitro benzene ring substituents is 1. The Hall–Kier alpha value is -4.25. The van der Waals surface area contributed by atoms with E-state index >= 15 is 0 Å². The van der Waals surface area contributed by atoms with Crippen molar-refractivity contribution in [2.24, 2.45) is 0 Å². The summed E-state index contributed by atoms with van der Waals surface area (Å²) < 4.78 is 6.74. The summed E-state index contributed by atoms with van der Waals surface area (Å²) in [5, 5.41) is 20.1. The zero-order valence-electron chi connectivity index (χ0n) is 13.8. The van der Waals surface area contributed by atoms with Crippen molar-refractivity contribution in [3.8, 4) is 17.4 Å². The van der Waals surface area contributed by atoms with Gasteiger partial charge in [0.05, 0.1) is 4.92 Å². The summed E-state index contributed by atoms with van der Waals surface area (Å²) in [5.74, 6) is -0.238. The Labute approximate surface area is 153 Å². The number of nitrogens with zero attached hydrogens (tertiary/aromatic N) is 3. The van der Waals surface area contributed by atoms with Crippen molar-refractivity contribution < 1.29 is 23.7 Å². The van der Waals surface area contributed by atoms with Crippen LogP contribution in [0.2, 0.25) is 0 Å². The molecular formula is C19H12N3O5+. The van der Waals surface area contributed by atoms with E-state index in [0.29, 0.717) is 11.3 Å². The third kappa shape index (κ3) is 4.24. The molecule has 0 bridgehead atoms. The normalized spacial score (nSPS) is 10.9. The molecule has 0 aliphatic carbocycles. The number of benzene rings is 1. The third-order valence-corrected chi connectivity index (χ3v) is 3.47. The van der Waals surface area contributed by atoms with Gasteiger partial charge in [0.1, 0.15) is 23.2 Å². The van der Waals surface area contributed by atoms with Gasteiger partial charge in [-0.1, -0.05) is 18.2 Å². The predicted octanol–water partition coefficient (Wildman–Crippen LogP) is 2.70. The van der Waals surface area contributed by atoms with E-state index in [1.54, 1.807) is 48.5 Å². The summed E-state index contributed by atoms with van der Waals surface area (Å²) in [6.07, 6.45) is 4.27. The molecule has 0 saturated carbocycles. The van der Waals surface area contributed by atoms with Crippen LogP contribution in [0.4, 0.5) is 5.69 Å². The standard InChI is InChI=1S/C19H12N3O5/c20-13-15(19(23)27-21-9-2-1-3-10-21)12-17-7-8-18(26-17)14-5-4-6-16(11-14)22(24)25/h1-12H/q+1/b15-12+. The number of aromatic nitrogens is 1. The molecule has 2 heterocycles. The van der Waals surface area contributed by atoms with Gasteiger partial charge in [-0.15, -0.1) is 0 Å². The molecule has 0 N–H and O–H groups in total. The molecule has 0 amide bonds. The number of carbonyl (C=O) groups excluding carboxylic acids is 1. The minimum atomic E-state index is -0.845. The highest BCUT2D eigenvalue weighted by Gasteiger charge is 2.18. The van der Waals surface area contributed by atoms with E-state index in [9.17, 15) is 20.2 Å². The van der Waals surface area contributed by atoms with E-state index in [1.807, 2.05) is 0 Å². The van der Waals surface area contributed by atoms with Gasteiger partial charge in [-0.25, -0.2) is 4.79 Å². The molecule has 3 rings (SSSR count). The van der Waals surface area contributed by atoms with Crippen molar-refractivity contribution in [3.05, 3.63) is 88.4 Å². The Balaban J connectivity index is 1.82. The lowest BCUT2D eigenvalue weighted by Gasteiger charge is -1.97. The number of nitro groups is 1. The van der Waals surface area contributed by atoms with Gasteiger partial charge in [0, 0.05) is 40.6 Å². The molecule has 0 spiro atoms. The van der Waals surface area contributed by atoms with Gasteiger partial charge in [0.25, 0.3) is 5.69 Å². The molecule has 0 fully saturated rings. The Morgan fingerprint density at radius 3 is 2.67 bits per heavy atom. The Bertz CT molecular complexity index is 1060. The number of pyridine rings is 1. The van der Waals surface area contributed by atoms with Gasteiger partial charge >= 0.3 is 5.97 Å². The van der Waals surface area contributed by atoms with Gasteiger partial charge in [-0.3, -0.25) is 10.1 Å². The van der Waals surface area contributed by atoms with E-state index in [0.717, 1.165) is 0 Å². The summed E-state index contributed by atoms with van der Waals surface area (Å²) in [7, 11) is 0. The van der Waals surface area contributed by atoms with Crippen LogP contribution in [0, 0.1) is 21.4 Å². The first kappa shape index (κ1) is 17.6. The minimum Gasteiger partial charge on any atom is -0.457 e. The molecule has 0 unspecified atom stereocenters. The summed E-state index contributed by atoms with van der Waals surface area (Å²) in [6, 6.07) is 15.9. The average Bonchev–Trinajstić information content (AvgIpc) is 3.15. The van der Waals surface area contributed by atoms with Crippen LogP contribution < -0.4 is 9.57 Å². The van der Waals surface area contributed by atoms with Crippen LogP contribution in [0.25, 0.3) is 17.4 Å². The van der Waals surface area contributed by atoms with E-state index in [1.165, 1.54) is 35.3 Å². The maximum atomic E-state index is 12.1. The van der Waals surface area contributed by atoms with Crippen molar-refractivity contribution in [2.45, 2.75) is 0 Å². The third-order valence-electron chi connectivity index (χ3n) is 3.47. The Morgan fingerprint density at radius 1 is 1.19 bits per heavy atom. The maximum absolute atomic E-state index is 12.1. The van der Waals surface area contributed by atoms with Gasteiger partial charge in [-0.2, -0.15) is 10.1 Å². The topological polar surface area (TPSA) is 110 Å². The van der Waals surface area contributed by atoms with E-state index in [4.69, 9.17) is 9.25 Å². The molecule has 0 aliphatic heterocycles. The van der Waals surface area contributed by atoms with Crippen LogP contribution in [0.3, 0.4) is 0 Å². The quantitative estimate of drug-likeness (QED) is 0.227. The summed E-state index contributed by atoms with van der Waals surface area (Å²) >= 11 is 0. The molecule has 3 aromatic rings. The second kappa shape index (κ2) is 7.76. The van der Waals surface area contributed by atoms with E-state index < -0.39 is 10.9 Å². The minimum absolute atomic E-state index is 0.0674. The Morgan fingerprint density at radius 2 is 1.96 bits per heavy atom. The number of carbonyl (C=O) groups is 1. The SMILES string of the molecule is N#C/C(=C\c1ccc(-c2cccc([N+](=O)[O-])c2)o1)C(=O)O[n+]1ccccc1. The van der Waals surface area contributed by atoms with Crippen molar-refractivity contribution in [1.82, 2.24) is 0 Å². The first-order valence-corrected chi connectivity index (χ1v) is 7.72. The van der Waals surface area contributed by atoms with Crippen LogP contribution in [0.15, 0.2) is 77.0 Å². The van der Waals surface area contributed by atoms with Crippen LogP contribution in [-0.4, -0.2) is 10.9 Å². The molecule has 8 nitrogen and oxygen atoms in total. The lowest BCUT2D eigenvalue weighted by Crippen LogP contribution is -2.45. The number of hydrogen-bond donors (Lipinski definition) is 0. The largest absolute Gasteiger partial charge is 0.457 e. The van der Waals surface area contributed by atoms with Gasteiger partial charge in [-0.05, 0) is 12.1 Å². The van der Waals surface area contributed by atoms with Crippen molar-refractivity contribution in [1.29, 1.82) is 5.26 Å². The summed E-state index contributed by atoms with van der Waals surface area (Å²) in [6.45, 7) is 0. The molecule has 0 atom stereocenters. The highest BCUT2D eigenvalue weighted by Crippen LogP contribution is 2.26. The van der Waals surface area contributed by atoms with E-state index in [2.05, 4.69) is 0 Å². The fourth-order valence-electron chi connectivity index (χ4n) is 2.23. The van der Waals surface area contributed by atoms with Crippen LogP contribution in [-0.2, 0) is 4.79 Å². The van der Waals surface area contributed by atoms with Crippen molar-refractivity contribution >= 4 is 17.7 Å². The molecule has 132 valence electrons. The average molecular weight is 362 g/mol. The molecule has 8 heteroatoms. The number of non-ortho nitro benzene ring substituents is 1. The molecule has 0 aliphatic rings. The fraction of sp³-hybridized carbons (Fsp3) is 0. The highest BCUT2D eigenvalue weighted by molar-refractivity contribution is 5.97. The first-order valence-electron chi connectivity index (χ1n) is 7.72. The number of nitriles is 1. The van der Waals surface area contributed by atoms with Crippen LogP contribution >= 0.6 is 0 Å². The van der Waals surface area contributed by atoms with Crippen molar-refractivity contribution in [3.63, 3.8) is 0 Å². The molecule has 27 heavy (non-hydrogen) atoms. The van der Waals surface area contributed by atoms with Crippen molar-refractivity contribution in [2.75, 3.05) is 0 Å². The number of hydrogen-bond acceptors (Lipinski definition) is 6. The van der Waals surface area contributed by atoms with Gasteiger partial charge < -0.3 is 4.42 Å². The van der Waals surface area contributed by atoms with Crippen LogP contribution in [0.5, 0.6) is 0 Å². The summed E-state index contributed by atoms with van der Waals surface area (Å²) in [5.41, 5.74) is 0.179. The molecular weight excluding hydrogens is 350 g/mol. The van der Waals surface area contributed by atoms with Crippen LogP contribution in [0.1, 0.15) is 5.76 Å². The van der Waals surface area contributed by atoms with Gasteiger partial charge in [0.2, 0.25) is 12.4 Å². The summed E-state index contributed by atoms with van der Waals surface area (Å²) in [4.78, 5) is 27.5. The monoisotopic (exact) mass is 362 g/mol. The Kier molecular flexibility index (Phi) is 5.05. The number of furan rings is 1. The second-order valence-electron chi connectivity index (χ2n) is 5.29. The van der Waals surface area contributed by atoms with Gasteiger partial charge in [0.15, 0.2) is 0 Å². The number of rotatable bonds is 5.